The molecule has 0 bridgehead atoms. The van der Waals surface area contributed by atoms with Crippen molar-refractivity contribution in [2.24, 2.45) is 0 Å². The van der Waals surface area contributed by atoms with E-state index in [1.807, 2.05) is 48.1 Å². The monoisotopic (exact) mass is 224 g/mol. The minimum Gasteiger partial charge on any atom is -0.281 e. The zero-order chi connectivity index (χ0) is 10.2. The number of carbonyl (C=O) groups excluding carboxylic acids is 1. The second-order valence-corrected chi connectivity index (χ2v) is 4.39. The molecule has 3 heteroatoms. The molecular formula is C11H12OS2. The molecule has 0 atom stereocenters. The van der Waals surface area contributed by atoms with E-state index in [1.165, 1.54) is 11.8 Å². The molecule has 0 aliphatic rings. The van der Waals surface area contributed by atoms with E-state index in [-0.39, 0.29) is 5.12 Å². The van der Waals surface area contributed by atoms with Gasteiger partial charge in [-0.2, -0.15) is 11.8 Å². The van der Waals surface area contributed by atoms with Crippen LogP contribution in [0.3, 0.4) is 0 Å². The summed E-state index contributed by atoms with van der Waals surface area (Å²) < 4.78 is 0. The van der Waals surface area contributed by atoms with Crippen molar-refractivity contribution in [3.63, 3.8) is 0 Å². The van der Waals surface area contributed by atoms with Crippen LogP contribution in [0.1, 0.15) is 10.4 Å². The SMILES string of the molecule is CSC/C=C\SC(=O)c1ccccc1. The summed E-state index contributed by atoms with van der Waals surface area (Å²) >= 11 is 2.97. The number of hydrogen-bond donors (Lipinski definition) is 0. The number of hydrogen-bond acceptors (Lipinski definition) is 3. The lowest BCUT2D eigenvalue weighted by molar-refractivity contribution is 0.109. The second kappa shape index (κ2) is 6.74. The average Bonchev–Trinajstić information content (AvgIpc) is 2.25. The van der Waals surface area contributed by atoms with Gasteiger partial charge in [-0.1, -0.05) is 48.2 Å². The van der Waals surface area contributed by atoms with Crippen molar-refractivity contribution in [3.05, 3.63) is 47.4 Å². The maximum Gasteiger partial charge on any atom is 0.223 e. The third kappa shape index (κ3) is 4.03. The van der Waals surface area contributed by atoms with Crippen LogP contribution in [0, 0.1) is 0 Å². The lowest BCUT2D eigenvalue weighted by atomic mass is 10.2. The maximum atomic E-state index is 11.5. The molecule has 0 spiro atoms. The van der Waals surface area contributed by atoms with Crippen LogP contribution in [0.2, 0.25) is 0 Å². The van der Waals surface area contributed by atoms with Gasteiger partial charge in [-0.3, -0.25) is 4.79 Å². The summed E-state index contributed by atoms with van der Waals surface area (Å²) in [7, 11) is 0. The Balaban J connectivity index is 2.44. The summed E-state index contributed by atoms with van der Waals surface area (Å²) in [5.74, 6) is 0.953. The first-order valence-electron chi connectivity index (χ1n) is 4.24. The Kier molecular flexibility index (Phi) is 5.49. The first-order chi connectivity index (χ1) is 6.84. The molecule has 0 heterocycles. The molecule has 1 nitrogen and oxygen atoms in total. The highest BCUT2D eigenvalue weighted by Gasteiger charge is 2.01. The molecule has 0 unspecified atom stereocenters. The molecule has 14 heavy (non-hydrogen) atoms. The summed E-state index contributed by atoms with van der Waals surface area (Å²) in [6.07, 6.45) is 4.03. The summed E-state index contributed by atoms with van der Waals surface area (Å²) in [6, 6.07) is 9.32. The van der Waals surface area contributed by atoms with Gasteiger partial charge in [-0.25, -0.2) is 0 Å². The van der Waals surface area contributed by atoms with E-state index in [1.54, 1.807) is 11.8 Å². The van der Waals surface area contributed by atoms with Crippen molar-refractivity contribution in [3.8, 4) is 0 Å². The summed E-state index contributed by atoms with van der Waals surface area (Å²) in [6.45, 7) is 0. The molecule has 1 aromatic carbocycles. The van der Waals surface area contributed by atoms with Crippen molar-refractivity contribution >= 4 is 28.6 Å². The van der Waals surface area contributed by atoms with E-state index < -0.39 is 0 Å². The first-order valence-corrected chi connectivity index (χ1v) is 6.52. The molecule has 0 fully saturated rings. The minimum atomic E-state index is 0.1000. The summed E-state index contributed by atoms with van der Waals surface area (Å²) in [5, 5.41) is 1.95. The molecular weight excluding hydrogens is 212 g/mol. The molecule has 0 N–H and O–H groups in total. The predicted molar refractivity (Wildman–Crippen MR) is 65.9 cm³/mol. The maximum absolute atomic E-state index is 11.5. The van der Waals surface area contributed by atoms with Gasteiger partial charge in [0.1, 0.15) is 0 Å². The number of rotatable bonds is 4. The van der Waals surface area contributed by atoms with Crippen LogP contribution in [0.4, 0.5) is 0 Å². The Morgan fingerprint density at radius 1 is 1.36 bits per heavy atom. The summed E-state index contributed by atoms with van der Waals surface area (Å²) in [5.41, 5.74) is 0.756. The topological polar surface area (TPSA) is 17.1 Å². The van der Waals surface area contributed by atoms with Gasteiger partial charge in [0.2, 0.25) is 5.12 Å². The fourth-order valence-electron chi connectivity index (χ4n) is 0.888. The van der Waals surface area contributed by atoms with Gasteiger partial charge in [0.05, 0.1) is 0 Å². The number of thioether (sulfide) groups is 2. The Morgan fingerprint density at radius 2 is 2.07 bits per heavy atom. The Bertz CT molecular complexity index is 306. The number of benzene rings is 1. The average molecular weight is 224 g/mol. The van der Waals surface area contributed by atoms with Crippen LogP contribution in [-0.2, 0) is 0 Å². The van der Waals surface area contributed by atoms with Crippen LogP contribution in [0.5, 0.6) is 0 Å². The highest BCUT2D eigenvalue weighted by molar-refractivity contribution is 8.16. The van der Waals surface area contributed by atoms with E-state index >= 15 is 0 Å². The van der Waals surface area contributed by atoms with Gasteiger partial charge < -0.3 is 0 Å². The Labute approximate surface area is 93.0 Å². The van der Waals surface area contributed by atoms with E-state index in [0.29, 0.717) is 0 Å². The van der Waals surface area contributed by atoms with Crippen LogP contribution in [-0.4, -0.2) is 17.1 Å². The van der Waals surface area contributed by atoms with Crippen molar-refractivity contribution in [2.45, 2.75) is 0 Å². The third-order valence-corrected chi connectivity index (χ3v) is 2.85. The van der Waals surface area contributed by atoms with Gasteiger partial charge >= 0.3 is 0 Å². The minimum absolute atomic E-state index is 0.1000. The molecule has 0 saturated carbocycles. The molecule has 0 amide bonds. The van der Waals surface area contributed by atoms with Crippen LogP contribution in [0.15, 0.2) is 41.8 Å². The van der Waals surface area contributed by atoms with E-state index in [2.05, 4.69) is 0 Å². The fourth-order valence-corrected chi connectivity index (χ4v) is 1.89. The molecule has 0 aliphatic heterocycles. The van der Waals surface area contributed by atoms with Crippen LogP contribution >= 0.6 is 23.5 Å². The van der Waals surface area contributed by atoms with Gasteiger partial charge in [0.15, 0.2) is 0 Å². The van der Waals surface area contributed by atoms with Gasteiger partial charge in [-0.15, -0.1) is 0 Å². The lowest BCUT2D eigenvalue weighted by Gasteiger charge is -1.94. The molecule has 0 radical (unpaired) electrons. The number of carbonyl (C=O) groups is 1. The van der Waals surface area contributed by atoms with Gasteiger partial charge in [0.25, 0.3) is 0 Å². The van der Waals surface area contributed by atoms with Gasteiger partial charge in [0, 0.05) is 11.3 Å². The van der Waals surface area contributed by atoms with E-state index in [9.17, 15) is 4.79 Å². The highest BCUT2D eigenvalue weighted by Crippen LogP contribution is 2.13. The standard InChI is InChI=1S/C11H12OS2/c1-13-8-5-9-14-11(12)10-6-3-2-4-7-10/h2-7,9H,8H2,1H3/b9-5-. The van der Waals surface area contributed by atoms with E-state index in [0.717, 1.165) is 11.3 Å². The molecule has 0 aliphatic carbocycles. The Morgan fingerprint density at radius 3 is 2.71 bits per heavy atom. The summed E-state index contributed by atoms with van der Waals surface area (Å²) in [4.78, 5) is 11.5. The quantitative estimate of drug-likeness (QED) is 0.780. The molecule has 0 aromatic heterocycles. The smallest absolute Gasteiger partial charge is 0.223 e. The van der Waals surface area contributed by atoms with E-state index in [4.69, 9.17) is 0 Å². The van der Waals surface area contributed by atoms with Crippen LogP contribution in [0.25, 0.3) is 0 Å². The predicted octanol–water partition coefficient (Wildman–Crippen LogP) is 3.44. The fraction of sp³-hybridized carbons (Fsp3) is 0.182. The molecule has 74 valence electrons. The second-order valence-electron chi connectivity index (χ2n) is 2.60. The van der Waals surface area contributed by atoms with Crippen LogP contribution < -0.4 is 0 Å². The first kappa shape index (κ1) is 11.4. The molecule has 0 saturated heterocycles. The third-order valence-electron chi connectivity index (χ3n) is 1.54. The zero-order valence-electron chi connectivity index (χ0n) is 7.97. The van der Waals surface area contributed by atoms with Crippen molar-refractivity contribution in [1.29, 1.82) is 0 Å². The van der Waals surface area contributed by atoms with Crippen molar-refractivity contribution in [1.82, 2.24) is 0 Å². The largest absolute Gasteiger partial charge is 0.281 e. The zero-order valence-corrected chi connectivity index (χ0v) is 9.61. The Hall–Kier alpha value is -0.670. The lowest BCUT2D eigenvalue weighted by Crippen LogP contribution is -1.89. The normalized spacial score (nSPS) is 10.6. The molecule has 1 aromatic rings. The van der Waals surface area contributed by atoms with Crippen molar-refractivity contribution in [2.75, 3.05) is 12.0 Å². The molecule has 1 rings (SSSR count). The van der Waals surface area contributed by atoms with Crippen molar-refractivity contribution < 1.29 is 4.79 Å². The highest BCUT2D eigenvalue weighted by atomic mass is 32.2. The van der Waals surface area contributed by atoms with Gasteiger partial charge in [-0.05, 0) is 11.7 Å².